The molecule has 0 unspecified atom stereocenters. The Balaban J connectivity index is 1.73. The first-order valence-corrected chi connectivity index (χ1v) is 8.45. The van der Waals surface area contributed by atoms with Crippen molar-refractivity contribution in [1.82, 2.24) is 0 Å². The van der Waals surface area contributed by atoms with Crippen molar-refractivity contribution in [2.75, 3.05) is 5.32 Å². The molecule has 0 aliphatic heterocycles. The Morgan fingerprint density at radius 3 is 2.56 bits per heavy atom. The van der Waals surface area contributed by atoms with Crippen molar-refractivity contribution in [3.05, 3.63) is 78.3 Å². The predicted octanol–water partition coefficient (Wildman–Crippen LogP) is 4.54. The van der Waals surface area contributed by atoms with E-state index in [1.165, 1.54) is 6.26 Å². The van der Waals surface area contributed by atoms with Gasteiger partial charge in [-0.25, -0.2) is 4.79 Å². The number of benzene rings is 2. The van der Waals surface area contributed by atoms with Crippen molar-refractivity contribution in [2.24, 2.45) is 0 Å². The van der Waals surface area contributed by atoms with Crippen LogP contribution in [0.4, 0.5) is 5.69 Å². The van der Waals surface area contributed by atoms with Crippen LogP contribution in [0.3, 0.4) is 0 Å². The number of esters is 1. The summed E-state index contributed by atoms with van der Waals surface area (Å²) < 4.78 is 16.1. The van der Waals surface area contributed by atoms with Crippen LogP contribution in [0.25, 0.3) is 0 Å². The Hall–Kier alpha value is -3.54. The lowest BCUT2D eigenvalue weighted by atomic mass is 10.2. The van der Waals surface area contributed by atoms with E-state index >= 15 is 0 Å². The van der Waals surface area contributed by atoms with Crippen LogP contribution >= 0.6 is 0 Å². The van der Waals surface area contributed by atoms with E-state index in [1.807, 2.05) is 13.8 Å². The molecule has 0 radical (unpaired) electrons. The summed E-state index contributed by atoms with van der Waals surface area (Å²) >= 11 is 0. The molecule has 138 valence electrons. The quantitative estimate of drug-likeness (QED) is 0.513. The Kier molecular flexibility index (Phi) is 5.56. The van der Waals surface area contributed by atoms with Crippen LogP contribution in [-0.2, 0) is 0 Å². The number of carbonyl (C=O) groups is 2. The number of ether oxygens (including phenoxy) is 2. The molecule has 0 aliphatic carbocycles. The number of nitrogens with one attached hydrogen (secondary N) is 1. The number of furan rings is 1. The van der Waals surface area contributed by atoms with Gasteiger partial charge in [0.05, 0.1) is 12.4 Å². The van der Waals surface area contributed by atoms with Crippen LogP contribution in [0.5, 0.6) is 11.5 Å². The highest BCUT2D eigenvalue weighted by Crippen LogP contribution is 2.23. The van der Waals surface area contributed by atoms with Gasteiger partial charge in [-0.3, -0.25) is 4.79 Å². The summed E-state index contributed by atoms with van der Waals surface area (Å²) in [6, 6.07) is 16.6. The Morgan fingerprint density at radius 1 is 1.00 bits per heavy atom. The lowest BCUT2D eigenvalue weighted by Crippen LogP contribution is -2.14. The number of anilines is 1. The summed E-state index contributed by atoms with van der Waals surface area (Å²) in [5.41, 5.74) is 0.810. The smallest absolute Gasteiger partial charge is 0.347 e. The summed E-state index contributed by atoms with van der Waals surface area (Å²) in [4.78, 5) is 24.6. The maximum atomic E-state index is 12.5. The molecule has 1 heterocycles. The molecular weight excluding hydrogens is 346 g/mol. The molecule has 1 N–H and O–H groups in total. The number of para-hydroxylation sites is 1. The molecule has 0 saturated heterocycles. The molecule has 3 aromatic rings. The Bertz CT molecular complexity index is 931. The largest absolute Gasteiger partial charge is 0.490 e. The van der Waals surface area contributed by atoms with Gasteiger partial charge < -0.3 is 19.2 Å². The molecule has 0 saturated carbocycles. The highest BCUT2D eigenvalue weighted by atomic mass is 16.5. The van der Waals surface area contributed by atoms with Crippen molar-refractivity contribution in [3.8, 4) is 11.5 Å². The first kappa shape index (κ1) is 18.3. The summed E-state index contributed by atoms with van der Waals surface area (Å²) in [5.74, 6) is 0.0217. The van der Waals surface area contributed by atoms with E-state index in [0.717, 1.165) is 0 Å². The van der Waals surface area contributed by atoms with E-state index in [-0.39, 0.29) is 17.8 Å². The highest BCUT2D eigenvalue weighted by molar-refractivity contribution is 6.02. The SMILES string of the molecule is CC(C)Oc1ccccc1C(=O)Oc1cccc(NC(=O)c2ccco2)c1. The number of carbonyl (C=O) groups excluding carboxylic acids is 2. The van der Waals surface area contributed by atoms with Gasteiger partial charge in [-0.1, -0.05) is 18.2 Å². The van der Waals surface area contributed by atoms with Gasteiger partial charge in [-0.2, -0.15) is 0 Å². The third kappa shape index (κ3) is 4.76. The summed E-state index contributed by atoms with van der Waals surface area (Å²) in [6.45, 7) is 3.76. The molecule has 6 nitrogen and oxygen atoms in total. The molecular formula is C21H19NO5. The second-order valence-corrected chi connectivity index (χ2v) is 6.01. The molecule has 1 amide bonds. The standard InChI is InChI=1S/C21H19NO5/c1-14(2)26-18-10-4-3-9-17(18)21(24)27-16-8-5-7-15(13-16)22-20(23)19-11-6-12-25-19/h3-14H,1-2H3,(H,22,23). The van der Waals surface area contributed by atoms with Gasteiger partial charge in [-0.05, 0) is 50.2 Å². The van der Waals surface area contributed by atoms with E-state index in [1.54, 1.807) is 60.7 Å². The lowest BCUT2D eigenvalue weighted by Gasteiger charge is -2.13. The Morgan fingerprint density at radius 2 is 1.81 bits per heavy atom. The van der Waals surface area contributed by atoms with E-state index in [4.69, 9.17) is 13.9 Å². The summed E-state index contributed by atoms with van der Waals surface area (Å²) in [6.07, 6.45) is 1.35. The van der Waals surface area contributed by atoms with E-state index in [2.05, 4.69) is 5.32 Å². The number of hydrogen-bond acceptors (Lipinski definition) is 5. The van der Waals surface area contributed by atoms with Crippen LogP contribution in [0.1, 0.15) is 34.8 Å². The third-order valence-electron chi connectivity index (χ3n) is 3.52. The third-order valence-corrected chi connectivity index (χ3v) is 3.52. The minimum absolute atomic E-state index is 0.0703. The zero-order valence-corrected chi connectivity index (χ0v) is 15.0. The predicted molar refractivity (Wildman–Crippen MR) is 100 cm³/mol. The molecule has 6 heteroatoms. The fourth-order valence-electron chi connectivity index (χ4n) is 2.39. The fourth-order valence-corrected chi connectivity index (χ4v) is 2.39. The molecule has 2 aromatic carbocycles. The summed E-state index contributed by atoms with van der Waals surface area (Å²) in [7, 11) is 0. The molecule has 0 spiro atoms. The van der Waals surface area contributed by atoms with Crippen LogP contribution in [0.2, 0.25) is 0 Å². The van der Waals surface area contributed by atoms with Gasteiger partial charge in [0.15, 0.2) is 5.76 Å². The molecule has 0 atom stereocenters. The summed E-state index contributed by atoms with van der Waals surface area (Å²) in [5, 5.41) is 2.69. The average Bonchev–Trinajstić information content (AvgIpc) is 3.17. The van der Waals surface area contributed by atoms with Crippen LogP contribution in [0, 0.1) is 0 Å². The number of amides is 1. The highest BCUT2D eigenvalue weighted by Gasteiger charge is 2.16. The topological polar surface area (TPSA) is 77.8 Å². The second-order valence-electron chi connectivity index (χ2n) is 6.01. The second kappa shape index (κ2) is 8.23. The zero-order chi connectivity index (χ0) is 19.2. The normalized spacial score (nSPS) is 10.5. The first-order valence-electron chi connectivity index (χ1n) is 8.45. The van der Waals surface area contributed by atoms with Gasteiger partial charge in [0.25, 0.3) is 5.91 Å². The van der Waals surface area contributed by atoms with Gasteiger partial charge in [0, 0.05) is 11.8 Å². The monoisotopic (exact) mass is 365 g/mol. The average molecular weight is 365 g/mol. The van der Waals surface area contributed by atoms with Crippen molar-refractivity contribution in [2.45, 2.75) is 20.0 Å². The van der Waals surface area contributed by atoms with Crippen LogP contribution in [0.15, 0.2) is 71.3 Å². The van der Waals surface area contributed by atoms with Gasteiger partial charge in [0.1, 0.15) is 17.1 Å². The van der Waals surface area contributed by atoms with Crippen molar-refractivity contribution < 1.29 is 23.5 Å². The van der Waals surface area contributed by atoms with Crippen LogP contribution < -0.4 is 14.8 Å². The van der Waals surface area contributed by atoms with Gasteiger partial charge >= 0.3 is 5.97 Å². The molecule has 27 heavy (non-hydrogen) atoms. The minimum atomic E-state index is -0.541. The van der Waals surface area contributed by atoms with E-state index in [9.17, 15) is 9.59 Å². The van der Waals surface area contributed by atoms with Gasteiger partial charge in [0.2, 0.25) is 0 Å². The number of rotatable bonds is 6. The maximum Gasteiger partial charge on any atom is 0.347 e. The molecule has 3 rings (SSSR count). The lowest BCUT2D eigenvalue weighted by molar-refractivity contribution is 0.0728. The number of hydrogen-bond donors (Lipinski definition) is 1. The maximum absolute atomic E-state index is 12.5. The Labute approximate surface area is 156 Å². The minimum Gasteiger partial charge on any atom is -0.490 e. The molecule has 0 fully saturated rings. The van der Waals surface area contributed by atoms with Gasteiger partial charge in [-0.15, -0.1) is 0 Å². The molecule has 1 aromatic heterocycles. The van der Waals surface area contributed by atoms with Crippen molar-refractivity contribution in [3.63, 3.8) is 0 Å². The van der Waals surface area contributed by atoms with Crippen LogP contribution in [-0.4, -0.2) is 18.0 Å². The molecule has 0 bridgehead atoms. The molecule has 0 aliphatic rings. The first-order chi connectivity index (χ1) is 13.0. The van der Waals surface area contributed by atoms with E-state index < -0.39 is 5.97 Å². The van der Waals surface area contributed by atoms with E-state index in [0.29, 0.717) is 22.7 Å². The van der Waals surface area contributed by atoms with Crippen molar-refractivity contribution in [1.29, 1.82) is 0 Å². The fraction of sp³-hybridized carbons (Fsp3) is 0.143. The zero-order valence-electron chi connectivity index (χ0n) is 15.0. The van der Waals surface area contributed by atoms with Crippen molar-refractivity contribution >= 4 is 17.6 Å².